The molecular weight excluding hydrogens is 533 g/mol. The summed E-state index contributed by atoms with van der Waals surface area (Å²) in [4.78, 5) is 36.6. The van der Waals surface area contributed by atoms with Gasteiger partial charge in [0, 0.05) is 37.1 Å². The van der Waals surface area contributed by atoms with Crippen LogP contribution in [0, 0.1) is 11.8 Å². The molecule has 5 rings (SSSR count). The Balaban J connectivity index is 1.42. The van der Waals surface area contributed by atoms with E-state index in [4.69, 9.17) is 0 Å². The van der Waals surface area contributed by atoms with Gasteiger partial charge in [0.1, 0.15) is 6.54 Å². The number of carbonyl (C=O) groups excluding carboxylic acids is 2. The summed E-state index contributed by atoms with van der Waals surface area (Å²) in [6, 6.07) is 9.27. The number of hydrogen-bond donors (Lipinski definition) is 1. The summed E-state index contributed by atoms with van der Waals surface area (Å²) in [5.41, 5.74) is 4.80. The van der Waals surface area contributed by atoms with E-state index in [0.717, 1.165) is 24.1 Å². The van der Waals surface area contributed by atoms with Crippen LogP contribution in [0.1, 0.15) is 67.6 Å². The molecule has 11 heteroatoms. The van der Waals surface area contributed by atoms with Gasteiger partial charge in [0.2, 0.25) is 5.91 Å². The number of alkyl halides is 3. The van der Waals surface area contributed by atoms with E-state index in [1.165, 1.54) is 10.5 Å². The summed E-state index contributed by atoms with van der Waals surface area (Å²) in [5.74, 6) is -0.0447. The molecule has 4 heterocycles. The quantitative estimate of drug-likeness (QED) is 0.295. The Morgan fingerprint density at radius 2 is 1.78 bits per heavy atom. The molecule has 1 aliphatic heterocycles. The van der Waals surface area contributed by atoms with Gasteiger partial charge in [0.05, 0.1) is 17.6 Å². The molecule has 41 heavy (non-hydrogen) atoms. The second-order valence-electron chi connectivity index (χ2n) is 11.4. The Labute approximate surface area is 236 Å². The van der Waals surface area contributed by atoms with Crippen molar-refractivity contribution in [2.24, 2.45) is 11.8 Å². The van der Waals surface area contributed by atoms with Crippen LogP contribution in [-0.4, -0.2) is 61.6 Å². The lowest BCUT2D eigenvalue weighted by molar-refractivity contribution is -0.123. The zero-order valence-corrected chi connectivity index (χ0v) is 23.7. The minimum absolute atomic E-state index is 0.0390. The van der Waals surface area contributed by atoms with Crippen molar-refractivity contribution in [3.63, 3.8) is 0 Å². The highest BCUT2D eigenvalue weighted by Gasteiger charge is 2.38. The number of fused-ring (bicyclic) bond motifs is 3. The second kappa shape index (κ2) is 11.2. The van der Waals surface area contributed by atoms with Gasteiger partial charge in [-0.25, -0.2) is 14.8 Å². The molecule has 1 N–H and O–H groups in total. The number of halogens is 3. The molecule has 3 atom stereocenters. The molecule has 0 bridgehead atoms. The van der Waals surface area contributed by atoms with Gasteiger partial charge in [-0.2, -0.15) is 13.2 Å². The Morgan fingerprint density at radius 1 is 1.05 bits per heavy atom. The Hall–Kier alpha value is -3.89. The zero-order chi connectivity index (χ0) is 29.5. The van der Waals surface area contributed by atoms with Crippen molar-refractivity contribution >= 4 is 28.7 Å². The number of carbonyl (C=O) groups is 2. The van der Waals surface area contributed by atoms with Gasteiger partial charge in [-0.15, -0.1) is 0 Å². The SMILES string of the molecule is CC[C@@H]1CN(C(=O)NCC(F)(F)F)C[C@@H]1c1cnc2cnc3c(ccn3C(=O)[C@@H](C)c3ccc(CC(C)C)cc3)n12. The molecule has 0 unspecified atom stereocenters. The fourth-order valence-electron chi connectivity index (χ4n) is 5.85. The third-order valence-corrected chi connectivity index (χ3v) is 8.00. The first-order valence-electron chi connectivity index (χ1n) is 14.0. The molecule has 0 spiro atoms. The normalized spacial score (nSPS) is 18.5. The summed E-state index contributed by atoms with van der Waals surface area (Å²) in [6.45, 7) is 7.48. The fraction of sp³-hybridized carbons (Fsp3) is 0.467. The third kappa shape index (κ3) is 5.80. The van der Waals surface area contributed by atoms with Gasteiger partial charge >= 0.3 is 12.2 Å². The first-order valence-corrected chi connectivity index (χ1v) is 14.0. The highest BCUT2D eigenvalue weighted by Crippen LogP contribution is 2.36. The topological polar surface area (TPSA) is 84.5 Å². The lowest BCUT2D eigenvalue weighted by Crippen LogP contribution is -2.42. The molecule has 218 valence electrons. The lowest BCUT2D eigenvalue weighted by Gasteiger charge is -2.18. The molecular formula is C30H35F3N6O2. The highest BCUT2D eigenvalue weighted by atomic mass is 19.4. The molecule has 1 aliphatic rings. The van der Waals surface area contributed by atoms with E-state index in [1.54, 1.807) is 23.2 Å². The second-order valence-corrected chi connectivity index (χ2v) is 11.4. The predicted molar refractivity (Wildman–Crippen MR) is 150 cm³/mol. The Kier molecular flexibility index (Phi) is 7.80. The van der Waals surface area contributed by atoms with Gasteiger partial charge in [0.25, 0.3) is 0 Å². The average molecular weight is 569 g/mol. The molecule has 3 aromatic heterocycles. The standard InChI is InChI=1S/C30H35F3N6O2/c1-5-21-15-37(29(41)36-17-30(31,32)33)16-23(21)25-13-34-26-14-35-27-24(39(25)26)10-11-38(27)28(40)19(4)22-8-6-20(7-9-22)12-18(2)3/h6-11,13-14,18-19,21,23H,5,12,15-17H2,1-4H3,(H,36,41)/t19-,21+,23-/m0/s1. The summed E-state index contributed by atoms with van der Waals surface area (Å²) < 4.78 is 41.5. The minimum atomic E-state index is -4.47. The first-order chi connectivity index (χ1) is 19.5. The smallest absolute Gasteiger partial charge is 0.329 e. The van der Waals surface area contributed by atoms with Crippen LogP contribution in [0.25, 0.3) is 16.8 Å². The van der Waals surface area contributed by atoms with Crippen molar-refractivity contribution in [2.45, 2.75) is 58.5 Å². The fourth-order valence-corrected chi connectivity index (χ4v) is 5.85. The number of nitrogens with zero attached hydrogens (tertiary/aromatic N) is 5. The average Bonchev–Trinajstić information content (AvgIpc) is 3.66. The summed E-state index contributed by atoms with van der Waals surface area (Å²) >= 11 is 0. The van der Waals surface area contributed by atoms with E-state index < -0.39 is 18.8 Å². The van der Waals surface area contributed by atoms with Crippen molar-refractivity contribution in [1.29, 1.82) is 0 Å². The van der Waals surface area contributed by atoms with Crippen LogP contribution >= 0.6 is 0 Å². The summed E-state index contributed by atoms with van der Waals surface area (Å²) in [7, 11) is 0. The number of rotatable bonds is 7. The Morgan fingerprint density at radius 3 is 2.44 bits per heavy atom. The van der Waals surface area contributed by atoms with Crippen molar-refractivity contribution in [3.05, 3.63) is 65.7 Å². The van der Waals surface area contributed by atoms with Crippen LogP contribution < -0.4 is 5.32 Å². The van der Waals surface area contributed by atoms with E-state index in [1.807, 2.05) is 41.8 Å². The van der Waals surface area contributed by atoms with Crippen molar-refractivity contribution in [2.75, 3.05) is 19.6 Å². The number of aromatic nitrogens is 4. The highest BCUT2D eigenvalue weighted by molar-refractivity contribution is 5.93. The van der Waals surface area contributed by atoms with Crippen LogP contribution in [0.3, 0.4) is 0 Å². The van der Waals surface area contributed by atoms with E-state index in [-0.39, 0.29) is 30.2 Å². The predicted octanol–water partition coefficient (Wildman–Crippen LogP) is 6.02. The summed E-state index contributed by atoms with van der Waals surface area (Å²) in [5, 5.41) is 1.98. The molecule has 1 saturated heterocycles. The van der Waals surface area contributed by atoms with Gasteiger partial charge < -0.3 is 10.2 Å². The molecule has 1 fully saturated rings. The number of imidazole rings is 1. The number of hydrogen-bond acceptors (Lipinski definition) is 4. The molecule has 0 saturated carbocycles. The molecule has 2 amide bonds. The Bertz CT molecular complexity index is 1560. The minimum Gasteiger partial charge on any atom is -0.329 e. The number of amides is 2. The molecule has 0 radical (unpaired) electrons. The number of benzene rings is 1. The summed E-state index contributed by atoms with van der Waals surface area (Å²) in [6.07, 6.45) is 2.32. The first kappa shape index (κ1) is 28.6. The van der Waals surface area contributed by atoms with Gasteiger partial charge in [-0.05, 0) is 42.4 Å². The van der Waals surface area contributed by atoms with Crippen LogP contribution in [0.4, 0.5) is 18.0 Å². The number of likely N-dealkylation sites (tertiary alicyclic amines) is 1. The van der Waals surface area contributed by atoms with Gasteiger partial charge in [-0.1, -0.05) is 51.5 Å². The van der Waals surface area contributed by atoms with Crippen LogP contribution in [0.2, 0.25) is 0 Å². The van der Waals surface area contributed by atoms with Crippen molar-refractivity contribution in [3.8, 4) is 0 Å². The molecule has 0 aliphatic carbocycles. The van der Waals surface area contributed by atoms with Crippen LogP contribution in [0.15, 0.2) is 48.9 Å². The largest absolute Gasteiger partial charge is 0.405 e. The molecule has 4 aromatic rings. The number of nitrogens with one attached hydrogen (secondary N) is 1. The monoisotopic (exact) mass is 568 g/mol. The van der Waals surface area contributed by atoms with Crippen LogP contribution in [0.5, 0.6) is 0 Å². The maximum absolute atomic E-state index is 13.6. The third-order valence-electron chi connectivity index (χ3n) is 8.00. The van der Waals surface area contributed by atoms with Crippen LogP contribution in [-0.2, 0) is 6.42 Å². The molecule has 1 aromatic carbocycles. The van der Waals surface area contributed by atoms with Gasteiger partial charge in [-0.3, -0.25) is 13.8 Å². The zero-order valence-electron chi connectivity index (χ0n) is 23.7. The van der Waals surface area contributed by atoms with E-state index >= 15 is 0 Å². The van der Waals surface area contributed by atoms with E-state index in [2.05, 4.69) is 35.9 Å². The van der Waals surface area contributed by atoms with Crippen molar-refractivity contribution < 1.29 is 22.8 Å². The van der Waals surface area contributed by atoms with E-state index in [0.29, 0.717) is 29.3 Å². The maximum atomic E-state index is 13.6. The maximum Gasteiger partial charge on any atom is 0.405 e. The van der Waals surface area contributed by atoms with Gasteiger partial charge in [0.15, 0.2) is 11.3 Å². The molecule has 8 nitrogen and oxygen atoms in total. The number of urea groups is 1. The van der Waals surface area contributed by atoms with Crippen molar-refractivity contribution in [1.82, 2.24) is 29.2 Å². The lowest BCUT2D eigenvalue weighted by atomic mass is 9.91. The van der Waals surface area contributed by atoms with E-state index in [9.17, 15) is 22.8 Å².